The molecule has 0 aliphatic carbocycles. The van der Waals surface area contributed by atoms with E-state index in [1.807, 2.05) is 0 Å². The third-order valence-corrected chi connectivity index (χ3v) is 2.04. The largest absolute Gasteiger partial charge is 0.353 e. The van der Waals surface area contributed by atoms with Gasteiger partial charge in [0.2, 0.25) is 7.85 Å². The molecular weight excluding hydrogens is 141 g/mol. The van der Waals surface area contributed by atoms with Gasteiger partial charge in [0.1, 0.15) is 6.29 Å². The fourth-order valence-corrected chi connectivity index (χ4v) is 1.26. The van der Waals surface area contributed by atoms with Crippen molar-refractivity contribution in [2.24, 2.45) is 5.92 Å². The average Bonchev–Trinajstić information content (AvgIpc) is 2.05. The molecule has 1 aliphatic heterocycles. The van der Waals surface area contributed by atoms with Crippen LogP contribution in [-0.2, 0) is 4.79 Å². The number of nitrogens with zero attached hydrogens (tertiary/aromatic N) is 1. The summed E-state index contributed by atoms with van der Waals surface area (Å²) >= 11 is 0. The predicted octanol–water partition coefficient (Wildman–Crippen LogP) is 0.186. The highest BCUT2D eigenvalue weighted by Crippen LogP contribution is 2.14. The molecule has 1 rings (SSSR count). The number of rotatable bonds is 1. The summed E-state index contributed by atoms with van der Waals surface area (Å²) in [5.41, 5.74) is 0. The van der Waals surface area contributed by atoms with Crippen LogP contribution in [0.15, 0.2) is 0 Å². The van der Waals surface area contributed by atoms with Crippen molar-refractivity contribution in [1.82, 2.24) is 4.90 Å². The minimum absolute atomic E-state index is 0.130. The molecule has 1 saturated heterocycles. The van der Waals surface area contributed by atoms with Gasteiger partial charge in [-0.3, -0.25) is 4.79 Å². The van der Waals surface area contributed by atoms with Crippen molar-refractivity contribution >= 4 is 19.9 Å². The predicted molar refractivity (Wildman–Crippen MR) is 41.5 cm³/mol. The first-order chi connectivity index (χ1) is 5.24. The Morgan fingerprint density at radius 1 is 1.45 bits per heavy atom. The van der Waals surface area contributed by atoms with Gasteiger partial charge in [-0.1, -0.05) is 0 Å². The minimum Gasteiger partial charge on any atom is -0.353 e. The summed E-state index contributed by atoms with van der Waals surface area (Å²) in [7, 11) is 5.05. The second kappa shape index (κ2) is 3.55. The Balaban J connectivity index is 2.35. The maximum Gasteiger partial charge on any atom is 0.200 e. The Hall–Kier alpha value is -0.795. The molecule has 0 aromatic heterocycles. The van der Waals surface area contributed by atoms with Gasteiger partial charge >= 0.3 is 0 Å². The molecule has 0 atom stereocenters. The number of carbonyl (C=O) groups excluding carboxylic acids is 2. The normalized spacial score (nSPS) is 19.8. The van der Waals surface area contributed by atoms with Gasteiger partial charge < -0.3 is 9.69 Å². The molecular formula is C7H10BNO2. The Bertz CT molecular complexity index is 164. The van der Waals surface area contributed by atoms with E-state index in [0.29, 0.717) is 13.1 Å². The molecule has 0 saturated carbocycles. The van der Waals surface area contributed by atoms with E-state index in [1.54, 1.807) is 4.90 Å². The van der Waals surface area contributed by atoms with Crippen LogP contribution in [0, 0.1) is 5.92 Å². The zero-order valence-electron chi connectivity index (χ0n) is 6.32. The summed E-state index contributed by atoms with van der Waals surface area (Å²) in [5, 5.41) is 0. The first-order valence-corrected chi connectivity index (χ1v) is 3.73. The van der Waals surface area contributed by atoms with Crippen molar-refractivity contribution < 1.29 is 9.59 Å². The van der Waals surface area contributed by atoms with Gasteiger partial charge in [-0.05, 0) is 12.8 Å². The molecule has 0 N–H and O–H groups in total. The quantitative estimate of drug-likeness (QED) is 0.396. The number of hydrogen-bond donors (Lipinski definition) is 0. The summed E-state index contributed by atoms with van der Waals surface area (Å²) in [6, 6.07) is 0. The molecule has 11 heavy (non-hydrogen) atoms. The number of piperidine rings is 1. The lowest BCUT2D eigenvalue weighted by molar-refractivity contribution is -0.112. The summed E-state index contributed by atoms with van der Waals surface area (Å²) in [4.78, 5) is 22.5. The molecule has 3 nitrogen and oxygen atoms in total. The van der Waals surface area contributed by atoms with Gasteiger partial charge in [0.15, 0.2) is 5.81 Å². The fourth-order valence-electron chi connectivity index (χ4n) is 1.26. The van der Waals surface area contributed by atoms with E-state index in [4.69, 9.17) is 7.85 Å². The van der Waals surface area contributed by atoms with Crippen molar-refractivity contribution in [3.8, 4) is 0 Å². The van der Waals surface area contributed by atoms with Crippen LogP contribution in [0.2, 0.25) is 0 Å². The van der Waals surface area contributed by atoms with E-state index in [9.17, 15) is 9.59 Å². The Labute approximate surface area is 67.2 Å². The van der Waals surface area contributed by atoms with E-state index in [0.717, 1.165) is 19.1 Å². The molecule has 0 bridgehead atoms. The zero-order chi connectivity index (χ0) is 8.27. The van der Waals surface area contributed by atoms with Crippen LogP contribution in [-0.4, -0.2) is 37.9 Å². The summed E-state index contributed by atoms with van der Waals surface area (Å²) < 4.78 is 0. The third kappa shape index (κ3) is 2.07. The number of hydrogen-bond acceptors (Lipinski definition) is 2. The standard InChI is InChI=1S/C7H10BNO2/c8-7(11)9-3-1-6(5-10)2-4-9/h5-6H,1-4H2. The van der Waals surface area contributed by atoms with Crippen LogP contribution in [0.3, 0.4) is 0 Å². The van der Waals surface area contributed by atoms with Gasteiger partial charge in [-0.2, -0.15) is 0 Å². The van der Waals surface area contributed by atoms with Crippen molar-refractivity contribution in [3.05, 3.63) is 0 Å². The van der Waals surface area contributed by atoms with Crippen LogP contribution >= 0.6 is 0 Å². The van der Waals surface area contributed by atoms with E-state index >= 15 is 0 Å². The molecule has 4 heteroatoms. The van der Waals surface area contributed by atoms with E-state index in [-0.39, 0.29) is 11.7 Å². The number of carbonyl (C=O) groups is 2. The molecule has 1 fully saturated rings. The number of likely N-dealkylation sites (tertiary alicyclic amines) is 1. The zero-order valence-corrected chi connectivity index (χ0v) is 6.32. The maximum atomic E-state index is 10.6. The van der Waals surface area contributed by atoms with E-state index < -0.39 is 0 Å². The highest BCUT2D eigenvalue weighted by Gasteiger charge is 2.19. The van der Waals surface area contributed by atoms with Gasteiger partial charge in [-0.15, -0.1) is 0 Å². The third-order valence-electron chi connectivity index (χ3n) is 2.04. The van der Waals surface area contributed by atoms with Crippen molar-refractivity contribution in [1.29, 1.82) is 0 Å². The topological polar surface area (TPSA) is 37.4 Å². The lowest BCUT2D eigenvalue weighted by atomic mass is 9.96. The highest BCUT2D eigenvalue weighted by atomic mass is 16.1. The number of amides is 1. The van der Waals surface area contributed by atoms with Gasteiger partial charge in [0.25, 0.3) is 0 Å². The van der Waals surface area contributed by atoms with Crippen molar-refractivity contribution in [2.45, 2.75) is 12.8 Å². The first-order valence-electron chi connectivity index (χ1n) is 3.73. The second-order valence-corrected chi connectivity index (χ2v) is 2.80. The Morgan fingerprint density at radius 2 is 2.00 bits per heavy atom. The lowest BCUT2D eigenvalue weighted by Crippen LogP contribution is -2.38. The molecule has 0 spiro atoms. The molecule has 0 aromatic rings. The molecule has 1 aliphatic rings. The average molecular weight is 151 g/mol. The Kier molecular flexibility index (Phi) is 2.68. The highest BCUT2D eigenvalue weighted by molar-refractivity contribution is 6.56. The van der Waals surface area contributed by atoms with E-state index in [2.05, 4.69) is 0 Å². The van der Waals surface area contributed by atoms with Gasteiger partial charge in [-0.25, -0.2) is 0 Å². The van der Waals surface area contributed by atoms with Crippen LogP contribution in [0.25, 0.3) is 0 Å². The van der Waals surface area contributed by atoms with Crippen LogP contribution in [0.5, 0.6) is 0 Å². The number of aldehydes is 1. The van der Waals surface area contributed by atoms with E-state index in [1.165, 1.54) is 0 Å². The van der Waals surface area contributed by atoms with Crippen molar-refractivity contribution in [2.75, 3.05) is 13.1 Å². The minimum atomic E-state index is -0.380. The summed E-state index contributed by atoms with van der Waals surface area (Å²) in [6.07, 6.45) is 2.47. The second-order valence-electron chi connectivity index (χ2n) is 2.80. The monoisotopic (exact) mass is 151 g/mol. The SMILES string of the molecule is [B]C(=O)N1CCC(C=O)CC1. The molecule has 0 aromatic carbocycles. The Morgan fingerprint density at radius 3 is 2.36 bits per heavy atom. The lowest BCUT2D eigenvalue weighted by Gasteiger charge is -2.28. The van der Waals surface area contributed by atoms with Crippen LogP contribution < -0.4 is 0 Å². The first kappa shape index (κ1) is 8.30. The smallest absolute Gasteiger partial charge is 0.200 e. The summed E-state index contributed by atoms with van der Waals surface area (Å²) in [5.74, 6) is -0.250. The fraction of sp³-hybridized carbons (Fsp3) is 0.714. The van der Waals surface area contributed by atoms with Crippen LogP contribution in [0.4, 0.5) is 4.79 Å². The van der Waals surface area contributed by atoms with Gasteiger partial charge in [0.05, 0.1) is 0 Å². The molecule has 0 unspecified atom stereocenters. The molecule has 2 radical (unpaired) electrons. The molecule has 1 heterocycles. The molecule has 1 amide bonds. The van der Waals surface area contributed by atoms with Crippen LogP contribution in [0.1, 0.15) is 12.8 Å². The van der Waals surface area contributed by atoms with Gasteiger partial charge in [0, 0.05) is 19.0 Å². The van der Waals surface area contributed by atoms with Crippen molar-refractivity contribution in [3.63, 3.8) is 0 Å². The maximum absolute atomic E-state index is 10.6. The molecule has 58 valence electrons. The summed E-state index contributed by atoms with van der Waals surface area (Å²) in [6.45, 7) is 1.25.